The molecule has 4 heteroatoms. The lowest BCUT2D eigenvalue weighted by Crippen LogP contribution is -2.19. The quantitative estimate of drug-likeness (QED) is 0.437. The van der Waals surface area contributed by atoms with Crippen molar-refractivity contribution in [2.45, 2.75) is 25.8 Å². The van der Waals surface area contributed by atoms with Gasteiger partial charge in [-0.3, -0.25) is 4.90 Å². The monoisotopic (exact) mass is 397 g/mol. The molecule has 3 aromatic heterocycles. The van der Waals surface area contributed by atoms with Crippen molar-refractivity contribution in [2.75, 3.05) is 13.1 Å². The Hall–Kier alpha value is -3.11. The van der Waals surface area contributed by atoms with E-state index in [1.165, 1.54) is 17.7 Å². The second-order valence-electron chi connectivity index (χ2n) is 8.25. The maximum Gasteiger partial charge on any atom is 0.117 e. The number of furan rings is 1. The largest absolute Gasteiger partial charge is 0.468 e. The minimum atomic E-state index is 0.583. The van der Waals surface area contributed by atoms with Crippen LogP contribution in [0.2, 0.25) is 0 Å². The van der Waals surface area contributed by atoms with E-state index in [4.69, 9.17) is 9.40 Å². The first-order valence-corrected chi connectivity index (χ1v) is 10.6. The topological polar surface area (TPSA) is 34.2 Å². The maximum atomic E-state index is 5.50. The molecule has 0 bridgehead atoms. The van der Waals surface area contributed by atoms with Gasteiger partial charge in [0, 0.05) is 24.8 Å². The first kappa shape index (κ1) is 18.9. The normalized spacial score (nSPS) is 16.9. The Morgan fingerprint density at radius 3 is 2.53 bits per heavy atom. The molecule has 0 spiro atoms. The van der Waals surface area contributed by atoms with Gasteiger partial charge in [-0.25, -0.2) is 4.98 Å². The molecule has 4 nitrogen and oxygen atoms in total. The van der Waals surface area contributed by atoms with Gasteiger partial charge in [0.15, 0.2) is 0 Å². The fraction of sp³-hybridized carbons (Fsp3) is 0.269. The van der Waals surface area contributed by atoms with Crippen LogP contribution in [0.15, 0.2) is 77.4 Å². The van der Waals surface area contributed by atoms with Crippen LogP contribution < -0.4 is 0 Å². The molecule has 0 N–H and O–H groups in total. The third kappa shape index (κ3) is 3.71. The summed E-state index contributed by atoms with van der Waals surface area (Å²) >= 11 is 0. The van der Waals surface area contributed by atoms with E-state index in [9.17, 15) is 0 Å². The summed E-state index contributed by atoms with van der Waals surface area (Å²) in [5.74, 6) is 1.63. The van der Waals surface area contributed by atoms with Crippen molar-refractivity contribution in [3.05, 3.63) is 90.0 Å². The van der Waals surface area contributed by atoms with Crippen LogP contribution >= 0.6 is 0 Å². The molecule has 4 aromatic rings. The van der Waals surface area contributed by atoms with Crippen LogP contribution in [0.1, 0.15) is 29.4 Å². The molecule has 0 radical (unpaired) electrons. The van der Waals surface area contributed by atoms with E-state index in [1.807, 2.05) is 6.07 Å². The first-order valence-electron chi connectivity index (χ1n) is 10.6. The van der Waals surface area contributed by atoms with Crippen LogP contribution in [0.25, 0.3) is 22.6 Å². The zero-order valence-corrected chi connectivity index (χ0v) is 17.6. The summed E-state index contributed by atoms with van der Waals surface area (Å²) in [6, 6.07) is 23.5. The number of hydrogen-bond donors (Lipinski definition) is 0. The Kier molecular flexibility index (Phi) is 5.01. The van der Waals surface area contributed by atoms with E-state index in [-0.39, 0.29) is 0 Å². The summed E-state index contributed by atoms with van der Waals surface area (Å²) < 4.78 is 7.69. The molecule has 1 aromatic carbocycles. The zero-order chi connectivity index (χ0) is 20.5. The molecule has 4 heterocycles. The second-order valence-corrected chi connectivity index (χ2v) is 8.25. The predicted molar refractivity (Wildman–Crippen MR) is 120 cm³/mol. The molecule has 0 amide bonds. The highest BCUT2D eigenvalue weighted by Crippen LogP contribution is 2.30. The Balaban J connectivity index is 1.31. The predicted octanol–water partition coefficient (Wildman–Crippen LogP) is 5.65. The molecule has 152 valence electrons. The number of rotatable bonds is 5. The molecule has 1 saturated heterocycles. The van der Waals surface area contributed by atoms with Crippen LogP contribution in [0.4, 0.5) is 0 Å². The Bertz CT molecular complexity index is 1130. The smallest absolute Gasteiger partial charge is 0.117 e. The molecular weight excluding hydrogens is 370 g/mol. The standard InChI is InChI=1S/C26H27N3O/c1-19-8-13-26(28(19)2)25-7-3-6-24(27-25)21-11-9-20(10-12-21)22-14-15-29(17-22)18-23-5-4-16-30-23/h3-13,16,22H,14-15,17-18H2,1-2H3. The maximum absolute atomic E-state index is 5.50. The van der Waals surface area contributed by atoms with E-state index >= 15 is 0 Å². The lowest BCUT2D eigenvalue weighted by Gasteiger charge is -2.15. The van der Waals surface area contributed by atoms with Crippen molar-refractivity contribution in [1.29, 1.82) is 0 Å². The number of pyridine rings is 1. The van der Waals surface area contributed by atoms with Crippen molar-refractivity contribution in [1.82, 2.24) is 14.5 Å². The number of hydrogen-bond acceptors (Lipinski definition) is 3. The van der Waals surface area contributed by atoms with Crippen LogP contribution in [-0.2, 0) is 13.6 Å². The summed E-state index contributed by atoms with van der Waals surface area (Å²) in [7, 11) is 2.09. The first-order chi connectivity index (χ1) is 14.7. The van der Waals surface area contributed by atoms with Gasteiger partial charge in [-0.05, 0) is 67.8 Å². The average molecular weight is 398 g/mol. The number of benzene rings is 1. The number of nitrogens with zero attached hydrogens (tertiary/aromatic N) is 3. The minimum Gasteiger partial charge on any atom is -0.468 e. The second kappa shape index (κ2) is 7.96. The van der Waals surface area contributed by atoms with Crippen LogP contribution in [0.3, 0.4) is 0 Å². The van der Waals surface area contributed by atoms with Gasteiger partial charge < -0.3 is 8.98 Å². The van der Waals surface area contributed by atoms with Crippen molar-refractivity contribution >= 4 is 0 Å². The van der Waals surface area contributed by atoms with Crippen LogP contribution in [0.5, 0.6) is 0 Å². The van der Waals surface area contributed by atoms with Crippen molar-refractivity contribution in [2.24, 2.45) is 7.05 Å². The number of aromatic nitrogens is 2. The highest BCUT2D eigenvalue weighted by molar-refractivity contribution is 5.65. The molecular formula is C26H27N3O. The van der Waals surface area contributed by atoms with E-state index in [2.05, 4.69) is 84.1 Å². The third-order valence-electron chi connectivity index (χ3n) is 6.29. The minimum absolute atomic E-state index is 0.583. The van der Waals surface area contributed by atoms with E-state index in [0.717, 1.165) is 48.0 Å². The fourth-order valence-electron chi connectivity index (χ4n) is 4.41. The summed E-state index contributed by atoms with van der Waals surface area (Å²) in [5.41, 5.74) is 6.99. The Labute approximate surface area is 177 Å². The SMILES string of the molecule is Cc1ccc(-c2cccc(-c3ccc(C4CCN(Cc5ccco5)C4)cc3)n2)n1C. The van der Waals surface area contributed by atoms with Crippen molar-refractivity contribution in [3.63, 3.8) is 0 Å². The molecule has 30 heavy (non-hydrogen) atoms. The van der Waals surface area contributed by atoms with E-state index < -0.39 is 0 Å². The molecule has 1 aliphatic heterocycles. The summed E-state index contributed by atoms with van der Waals surface area (Å²) in [5, 5.41) is 0. The number of likely N-dealkylation sites (tertiary alicyclic amines) is 1. The number of aryl methyl sites for hydroxylation is 1. The van der Waals surface area contributed by atoms with Gasteiger partial charge in [0.2, 0.25) is 0 Å². The molecule has 1 unspecified atom stereocenters. The molecule has 0 aliphatic carbocycles. The Morgan fingerprint density at radius 1 is 0.967 bits per heavy atom. The van der Waals surface area contributed by atoms with Crippen molar-refractivity contribution < 1.29 is 4.42 Å². The van der Waals surface area contributed by atoms with E-state index in [0.29, 0.717) is 5.92 Å². The highest BCUT2D eigenvalue weighted by atomic mass is 16.3. The summed E-state index contributed by atoms with van der Waals surface area (Å²) in [6.45, 7) is 5.22. The lowest BCUT2D eigenvalue weighted by molar-refractivity contribution is 0.294. The summed E-state index contributed by atoms with van der Waals surface area (Å²) in [6.07, 6.45) is 2.95. The lowest BCUT2D eigenvalue weighted by atomic mass is 9.96. The van der Waals surface area contributed by atoms with Crippen LogP contribution in [-0.4, -0.2) is 27.5 Å². The van der Waals surface area contributed by atoms with Gasteiger partial charge in [-0.1, -0.05) is 30.3 Å². The third-order valence-corrected chi connectivity index (χ3v) is 6.29. The van der Waals surface area contributed by atoms with Gasteiger partial charge in [-0.2, -0.15) is 0 Å². The zero-order valence-electron chi connectivity index (χ0n) is 17.6. The molecule has 1 atom stereocenters. The van der Waals surface area contributed by atoms with Crippen LogP contribution in [0, 0.1) is 6.92 Å². The Morgan fingerprint density at radius 2 is 1.80 bits per heavy atom. The highest BCUT2D eigenvalue weighted by Gasteiger charge is 2.24. The molecule has 5 rings (SSSR count). The average Bonchev–Trinajstić information content (AvgIpc) is 3.52. The van der Waals surface area contributed by atoms with Gasteiger partial charge in [0.25, 0.3) is 0 Å². The summed E-state index contributed by atoms with van der Waals surface area (Å²) in [4.78, 5) is 7.41. The molecule has 1 fully saturated rings. The van der Waals surface area contributed by atoms with Gasteiger partial charge in [-0.15, -0.1) is 0 Å². The fourth-order valence-corrected chi connectivity index (χ4v) is 4.41. The van der Waals surface area contributed by atoms with Crippen molar-refractivity contribution in [3.8, 4) is 22.6 Å². The van der Waals surface area contributed by atoms with Gasteiger partial charge >= 0.3 is 0 Å². The molecule has 1 aliphatic rings. The van der Waals surface area contributed by atoms with Gasteiger partial charge in [0.05, 0.1) is 29.9 Å². The van der Waals surface area contributed by atoms with E-state index in [1.54, 1.807) is 6.26 Å². The van der Waals surface area contributed by atoms with Gasteiger partial charge in [0.1, 0.15) is 5.76 Å². The molecule has 0 saturated carbocycles.